The van der Waals surface area contributed by atoms with Gasteiger partial charge in [-0.25, -0.2) is 4.79 Å². The van der Waals surface area contributed by atoms with Crippen LogP contribution in [0.5, 0.6) is 0 Å². The van der Waals surface area contributed by atoms with Crippen molar-refractivity contribution in [1.29, 1.82) is 0 Å². The standard InChI is InChI=1S/C16H26N4O4/c1-12-3-4-15(24-12)14(20-7-9-23-10-8-20)11-19-16(22)18-6-5-17-13(2)21/h3-4,14H,5-11H2,1-2H3,(H,17,21)(H2,18,19,22)/t14-/m0/s1. The second kappa shape index (κ2) is 9.29. The van der Waals surface area contributed by atoms with Crippen LogP contribution in [0.3, 0.4) is 0 Å². The molecule has 134 valence electrons. The van der Waals surface area contributed by atoms with E-state index in [2.05, 4.69) is 20.9 Å². The monoisotopic (exact) mass is 338 g/mol. The van der Waals surface area contributed by atoms with Crippen molar-refractivity contribution in [3.8, 4) is 0 Å². The van der Waals surface area contributed by atoms with Gasteiger partial charge in [-0.05, 0) is 19.1 Å². The minimum atomic E-state index is -0.262. The van der Waals surface area contributed by atoms with Crippen molar-refractivity contribution < 1.29 is 18.7 Å². The summed E-state index contributed by atoms with van der Waals surface area (Å²) in [5, 5.41) is 8.21. The molecule has 1 aliphatic rings. The Morgan fingerprint density at radius 2 is 1.88 bits per heavy atom. The lowest BCUT2D eigenvalue weighted by molar-refractivity contribution is -0.118. The molecule has 3 N–H and O–H groups in total. The topological polar surface area (TPSA) is 95.8 Å². The quantitative estimate of drug-likeness (QED) is 0.625. The maximum absolute atomic E-state index is 11.9. The van der Waals surface area contributed by atoms with Crippen LogP contribution in [0, 0.1) is 6.92 Å². The van der Waals surface area contributed by atoms with E-state index in [9.17, 15) is 9.59 Å². The molecule has 1 fully saturated rings. The minimum absolute atomic E-state index is 0.0244. The molecule has 0 saturated carbocycles. The zero-order chi connectivity index (χ0) is 17.4. The Bertz CT molecular complexity index is 540. The van der Waals surface area contributed by atoms with Crippen LogP contribution in [-0.4, -0.2) is 62.8 Å². The van der Waals surface area contributed by atoms with Crippen molar-refractivity contribution in [2.24, 2.45) is 0 Å². The molecule has 1 saturated heterocycles. The van der Waals surface area contributed by atoms with Gasteiger partial charge in [0.25, 0.3) is 0 Å². The lowest BCUT2D eigenvalue weighted by Crippen LogP contribution is -2.46. The fourth-order valence-electron chi connectivity index (χ4n) is 2.60. The molecule has 1 aromatic rings. The second-order valence-corrected chi connectivity index (χ2v) is 5.73. The van der Waals surface area contributed by atoms with Crippen LogP contribution in [0.4, 0.5) is 4.79 Å². The smallest absolute Gasteiger partial charge is 0.314 e. The first-order valence-electron chi connectivity index (χ1n) is 8.20. The molecule has 0 spiro atoms. The third-order valence-corrected chi connectivity index (χ3v) is 3.82. The Balaban J connectivity index is 1.84. The van der Waals surface area contributed by atoms with Crippen LogP contribution in [0.1, 0.15) is 24.5 Å². The maximum Gasteiger partial charge on any atom is 0.314 e. The molecule has 0 unspecified atom stereocenters. The van der Waals surface area contributed by atoms with E-state index >= 15 is 0 Å². The van der Waals surface area contributed by atoms with Crippen LogP contribution >= 0.6 is 0 Å². The number of carbonyl (C=O) groups is 2. The highest BCUT2D eigenvalue weighted by molar-refractivity contribution is 5.74. The molecule has 0 bridgehead atoms. The highest BCUT2D eigenvalue weighted by atomic mass is 16.5. The van der Waals surface area contributed by atoms with E-state index in [1.165, 1.54) is 6.92 Å². The molecule has 2 rings (SSSR count). The summed E-state index contributed by atoms with van der Waals surface area (Å²) in [5.74, 6) is 1.58. The lowest BCUT2D eigenvalue weighted by Gasteiger charge is -2.33. The fourth-order valence-corrected chi connectivity index (χ4v) is 2.60. The summed E-state index contributed by atoms with van der Waals surface area (Å²) in [6.07, 6.45) is 0. The van der Waals surface area contributed by atoms with Gasteiger partial charge >= 0.3 is 6.03 Å². The molecular formula is C16H26N4O4. The average Bonchev–Trinajstić information content (AvgIpc) is 2.99. The molecule has 0 radical (unpaired) electrons. The second-order valence-electron chi connectivity index (χ2n) is 5.73. The Labute approximate surface area is 141 Å². The fraction of sp³-hybridized carbons (Fsp3) is 0.625. The normalized spacial score (nSPS) is 16.4. The molecule has 24 heavy (non-hydrogen) atoms. The van der Waals surface area contributed by atoms with Crippen molar-refractivity contribution >= 4 is 11.9 Å². The van der Waals surface area contributed by atoms with Gasteiger partial charge in [0.15, 0.2) is 0 Å². The summed E-state index contributed by atoms with van der Waals surface area (Å²) in [4.78, 5) is 24.9. The van der Waals surface area contributed by atoms with Gasteiger partial charge in [-0.15, -0.1) is 0 Å². The van der Waals surface area contributed by atoms with Gasteiger partial charge in [0, 0.05) is 39.6 Å². The molecule has 3 amide bonds. The third-order valence-electron chi connectivity index (χ3n) is 3.82. The van der Waals surface area contributed by atoms with Crippen LogP contribution < -0.4 is 16.0 Å². The molecule has 8 heteroatoms. The number of morpholine rings is 1. The Morgan fingerprint density at radius 3 is 2.50 bits per heavy atom. The number of nitrogens with zero attached hydrogens (tertiary/aromatic N) is 1. The summed E-state index contributed by atoms with van der Waals surface area (Å²) in [6.45, 7) is 7.55. The number of amides is 3. The number of ether oxygens (including phenoxy) is 1. The van der Waals surface area contributed by atoms with Crippen molar-refractivity contribution in [1.82, 2.24) is 20.9 Å². The molecule has 2 heterocycles. The summed E-state index contributed by atoms with van der Waals surface area (Å²) < 4.78 is 11.1. The van der Waals surface area contributed by atoms with Gasteiger partial charge in [-0.3, -0.25) is 9.69 Å². The summed E-state index contributed by atoms with van der Waals surface area (Å²) in [5.41, 5.74) is 0. The van der Waals surface area contributed by atoms with E-state index in [0.29, 0.717) is 32.8 Å². The first-order valence-corrected chi connectivity index (χ1v) is 8.20. The summed E-state index contributed by atoms with van der Waals surface area (Å²) in [7, 11) is 0. The number of nitrogens with one attached hydrogen (secondary N) is 3. The number of carbonyl (C=O) groups excluding carboxylic acids is 2. The summed E-state index contributed by atoms with van der Waals surface area (Å²) in [6, 6.07) is 3.59. The van der Waals surface area contributed by atoms with Crippen molar-refractivity contribution in [3.05, 3.63) is 23.7 Å². The molecule has 1 atom stereocenters. The predicted octanol–water partition coefficient (Wildman–Crippen LogP) is 0.397. The van der Waals surface area contributed by atoms with Crippen molar-refractivity contribution in [3.63, 3.8) is 0 Å². The van der Waals surface area contributed by atoms with E-state index in [-0.39, 0.29) is 18.0 Å². The molecule has 1 aliphatic heterocycles. The van der Waals surface area contributed by atoms with Crippen molar-refractivity contribution in [2.45, 2.75) is 19.9 Å². The van der Waals surface area contributed by atoms with E-state index in [0.717, 1.165) is 24.6 Å². The first kappa shape index (κ1) is 18.3. The van der Waals surface area contributed by atoms with E-state index in [1.54, 1.807) is 0 Å². The molecule has 0 aromatic carbocycles. The van der Waals surface area contributed by atoms with E-state index in [1.807, 2.05) is 19.1 Å². The molecular weight excluding hydrogens is 312 g/mol. The zero-order valence-corrected chi connectivity index (χ0v) is 14.3. The van der Waals surface area contributed by atoms with E-state index < -0.39 is 0 Å². The SMILES string of the molecule is CC(=O)NCCNC(=O)NC[C@@H](c1ccc(C)o1)N1CCOCC1. The number of furan rings is 1. The Kier molecular flexibility index (Phi) is 7.07. The number of aryl methyl sites for hydroxylation is 1. The van der Waals surface area contributed by atoms with Crippen molar-refractivity contribution in [2.75, 3.05) is 45.9 Å². The van der Waals surface area contributed by atoms with Gasteiger partial charge in [0.1, 0.15) is 11.5 Å². The van der Waals surface area contributed by atoms with Crippen LogP contribution in [0.2, 0.25) is 0 Å². The van der Waals surface area contributed by atoms with Gasteiger partial charge in [0.2, 0.25) is 5.91 Å². The number of hydrogen-bond acceptors (Lipinski definition) is 5. The third kappa shape index (κ3) is 5.86. The number of urea groups is 1. The van der Waals surface area contributed by atoms with Gasteiger partial charge < -0.3 is 25.1 Å². The Morgan fingerprint density at radius 1 is 1.17 bits per heavy atom. The number of hydrogen-bond donors (Lipinski definition) is 3. The zero-order valence-electron chi connectivity index (χ0n) is 14.3. The van der Waals surface area contributed by atoms with Gasteiger partial charge in [-0.1, -0.05) is 0 Å². The lowest BCUT2D eigenvalue weighted by atomic mass is 10.1. The van der Waals surface area contributed by atoms with Crippen LogP contribution in [0.15, 0.2) is 16.5 Å². The van der Waals surface area contributed by atoms with E-state index in [4.69, 9.17) is 9.15 Å². The number of rotatable bonds is 7. The Hall–Kier alpha value is -2.06. The van der Waals surface area contributed by atoms with Crippen LogP contribution in [0.25, 0.3) is 0 Å². The highest BCUT2D eigenvalue weighted by Crippen LogP contribution is 2.23. The largest absolute Gasteiger partial charge is 0.465 e. The molecule has 8 nitrogen and oxygen atoms in total. The van der Waals surface area contributed by atoms with Gasteiger partial charge in [0.05, 0.1) is 19.3 Å². The predicted molar refractivity (Wildman–Crippen MR) is 88.7 cm³/mol. The van der Waals surface area contributed by atoms with Crippen LogP contribution in [-0.2, 0) is 9.53 Å². The molecule has 1 aromatic heterocycles. The summed E-state index contributed by atoms with van der Waals surface area (Å²) >= 11 is 0. The highest BCUT2D eigenvalue weighted by Gasteiger charge is 2.25. The average molecular weight is 338 g/mol. The maximum atomic E-state index is 11.9. The minimum Gasteiger partial charge on any atom is -0.465 e. The molecule has 0 aliphatic carbocycles. The first-order chi connectivity index (χ1) is 11.6. The van der Waals surface area contributed by atoms with Gasteiger partial charge in [-0.2, -0.15) is 0 Å².